The summed E-state index contributed by atoms with van der Waals surface area (Å²) in [5, 5.41) is 4.62. The molecule has 0 aliphatic carbocycles. The number of amides is 1. The molecule has 0 radical (unpaired) electrons. The summed E-state index contributed by atoms with van der Waals surface area (Å²) in [6.45, 7) is 5.66. The van der Waals surface area contributed by atoms with Gasteiger partial charge in [0.25, 0.3) is 5.91 Å². The molecule has 0 N–H and O–H groups in total. The van der Waals surface area contributed by atoms with E-state index in [1.54, 1.807) is 12.1 Å². The van der Waals surface area contributed by atoms with Crippen LogP contribution >= 0.6 is 23.1 Å². The van der Waals surface area contributed by atoms with Gasteiger partial charge in [-0.25, -0.2) is 4.79 Å². The Bertz CT molecular complexity index is 1150. The lowest BCUT2D eigenvalue weighted by atomic mass is 10.1. The zero-order chi connectivity index (χ0) is 24.8. The van der Waals surface area contributed by atoms with Crippen molar-refractivity contribution in [2.75, 3.05) is 39.8 Å². The molecule has 0 saturated carbocycles. The molecule has 4 rings (SSSR count). The average molecular weight is 515 g/mol. The van der Waals surface area contributed by atoms with Crippen molar-refractivity contribution >= 4 is 35.0 Å². The molecule has 0 unspecified atom stereocenters. The van der Waals surface area contributed by atoms with Gasteiger partial charge in [0.05, 0.1) is 31.1 Å². The predicted molar refractivity (Wildman–Crippen MR) is 134 cm³/mol. The molecule has 10 heteroatoms. The van der Waals surface area contributed by atoms with Crippen LogP contribution in [0.5, 0.6) is 0 Å². The standard InChI is InChI=1S/C25H27ClN4O4S/c1-17-23(35-28-27-17)24(31)30-13-11-29(12-14-30)15-22(19-7-9-21(26)10-8-19)34-16-18-3-5-20(6-4-18)25(32)33-2/h3-10,22H,11-16H2,1-2H3/t22-/m1/s1. The van der Waals surface area contributed by atoms with Crippen molar-refractivity contribution in [1.82, 2.24) is 19.4 Å². The SMILES string of the molecule is COC(=O)c1ccc(CO[C@H](CN2CCN(C(=O)c3snnc3C)CC2)c2ccc(Cl)cc2)cc1. The third-order valence-corrected chi connectivity index (χ3v) is 7.07. The number of ether oxygens (including phenoxy) is 2. The first-order chi connectivity index (χ1) is 16.9. The molecule has 0 bridgehead atoms. The lowest BCUT2D eigenvalue weighted by Gasteiger charge is -2.36. The molecular formula is C25H27ClN4O4S. The third kappa shape index (κ3) is 6.43. The molecule has 1 aliphatic heterocycles. The summed E-state index contributed by atoms with van der Waals surface area (Å²) in [7, 11) is 1.36. The van der Waals surface area contributed by atoms with E-state index < -0.39 is 0 Å². The fourth-order valence-corrected chi connectivity index (χ4v) is 4.67. The minimum absolute atomic E-state index is 0.00180. The average Bonchev–Trinajstić information content (AvgIpc) is 3.32. The Morgan fingerprint density at radius 2 is 1.74 bits per heavy atom. The highest BCUT2D eigenvalue weighted by Gasteiger charge is 2.27. The summed E-state index contributed by atoms with van der Waals surface area (Å²) < 4.78 is 15.0. The van der Waals surface area contributed by atoms with E-state index in [2.05, 4.69) is 14.5 Å². The van der Waals surface area contributed by atoms with Crippen LogP contribution in [0.3, 0.4) is 0 Å². The van der Waals surface area contributed by atoms with E-state index in [1.807, 2.05) is 48.2 Å². The van der Waals surface area contributed by atoms with Crippen LogP contribution in [-0.2, 0) is 16.1 Å². The Morgan fingerprint density at radius 1 is 1.06 bits per heavy atom. The third-order valence-electron chi connectivity index (χ3n) is 6.00. The summed E-state index contributed by atoms with van der Waals surface area (Å²) in [5.74, 6) is -0.367. The van der Waals surface area contributed by atoms with Gasteiger partial charge in [-0.1, -0.05) is 40.4 Å². The maximum Gasteiger partial charge on any atom is 0.337 e. The molecule has 35 heavy (non-hydrogen) atoms. The summed E-state index contributed by atoms with van der Waals surface area (Å²) in [4.78, 5) is 29.2. The topological polar surface area (TPSA) is 84.9 Å². The summed E-state index contributed by atoms with van der Waals surface area (Å²) in [5.41, 5.74) is 3.17. The summed E-state index contributed by atoms with van der Waals surface area (Å²) >= 11 is 7.24. The minimum atomic E-state index is -0.365. The first-order valence-electron chi connectivity index (χ1n) is 11.3. The number of rotatable bonds is 8. The number of benzene rings is 2. The maximum absolute atomic E-state index is 12.8. The van der Waals surface area contributed by atoms with Crippen LogP contribution < -0.4 is 0 Å². The van der Waals surface area contributed by atoms with Crippen molar-refractivity contribution < 1.29 is 19.1 Å². The molecule has 2 aromatic carbocycles. The second-order valence-electron chi connectivity index (χ2n) is 8.32. The number of esters is 1. The molecule has 1 aliphatic rings. The Kier molecular flexibility index (Phi) is 8.46. The largest absolute Gasteiger partial charge is 0.465 e. The highest BCUT2D eigenvalue weighted by atomic mass is 35.5. The number of hydrogen-bond acceptors (Lipinski definition) is 8. The van der Waals surface area contributed by atoms with Crippen LogP contribution in [0, 0.1) is 6.92 Å². The zero-order valence-corrected chi connectivity index (χ0v) is 21.2. The van der Waals surface area contributed by atoms with Crippen LogP contribution in [0.2, 0.25) is 5.02 Å². The van der Waals surface area contributed by atoms with Gasteiger partial charge in [0.1, 0.15) is 4.88 Å². The van der Waals surface area contributed by atoms with Gasteiger partial charge in [-0.2, -0.15) is 0 Å². The number of aromatic nitrogens is 2. The van der Waals surface area contributed by atoms with Gasteiger partial charge in [-0.15, -0.1) is 5.10 Å². The summed E-state index contributed by atoms with van der Waals surface area (Å²) in [6, 6.07) is 14.9. The van der Waals surface area contributed by atoms with Gasteiger partial charge < -0.3 is 14.4 Å². The molecule has 3 aromatic rings. The van der Waals surface area contributed by atoms with Crippen LogP contribution in [0.4, 0.5) is 0 Å². The van der Waals surface area contributed by atoms with Crippen LogP contribution in [0.15, 0.2) is 48.5 Å². The molecule has 1 saturated heterocycles. The molecule has 1 aromatic heterocycles. The smallest absolute Gasteiger partial charge is 0.337 e. The fourth-order valence-electron chi connectivity index (χ4n) is 3.92. The molecule has 1 fully saturated rings. The van der Waals surface area contributed by atoms with Gasteiger partial charge in [0.15, 0.2) is 0 Å². The number of methoxy groups -OCH3 is 1. The van der Waals surface area contributed by atoms with Gasteiger partial charge in [-0.3, -0.25) is 9.69 Å². The van der Waals surface area contributed by atoms with Crippen molar-refractivity contribution in [1.29, 1.82) is 0 Å². The zero-order valence-electron chi connectivity index (χ0n) is 19.6. The van der Waals surface area contributed by atoms with Gasteiger partial charge >= 0.3 is 5.97 Å². The number of nitrogens with zero attached hydrogens (tertiary/aromatic N) is 4. The van der Waals surface area contributed by atoms with E-state index in [4.69, 9.17) is 21.1 Å². The second kappa shape index (κ2) is 11.7. The van der Waals surface area contributed by atoms with E-state index in [9.17, 15) is 9.59 Å². The highest BCUT2D eigenvalue weighted by molar-refractivity contribution is 7.07. The molecule has 184 valence electrons. The van der Waals surface area contributed by atoms with Crippen molar-refractivity contribution in [3.8, 4) is 0 Å². The van der Waals surface area contributed by atoms with E-state index >= 15 is 0 Å². The predicted octanol–water partition coefficient (Wildman–Crippen LogP) is 4.00. The Hall–Kier alpha value is -2.85. The molecule has 8 nitrogen and oxygen atoms in total. The van der Waals surface area contributed by atoms with Crippen LogP contribution in [-0.4, -0.2) is 71.1 Å². The van der Waals surface area contributed by atoms with Gasteiger partial charge in [0, 0.05) is 37.7 Å². The number of carbonyl (C=O) groups excluding carboxylic acids is 2. The van der Waals surface area contributed by atoms with E-state index in [0.717, 1.165) is 35.7 Å². The van der Waals surface area contributed by atoms with Crippen LogP contribution in [0.1, 0.15) is 43.0 Å². The lowest BCUT2D eigenvalue weighted by Crippen LogP contribution is -2.49. The number of carbonyl (C=O) groups is 2. The van der Waals surface area contributed by atoms with Gasteiger partial charge in [0.2, 0.25) is 0 Å². The molecule has 1 atom stereocenters. The van der Waals surface area contributed by atoms with Crippen molar-refractivity contribution in [3.05, 3.63) is 80.8 Å². The van der Waals surface area contributed by atoms with E-state index in [-0.39, 0.29) is 18.0 Å². The number of aryl methyl sites for hydroxylation is 1. The van der Waals surface area contributed by atoms with E-state index in [1.165, 1.54) is 7.11 Å². The first-order valence-corrected chi connectivity index (χ1v) is 12.4. The lowest BCUT2D eigenvalue weighted by molar-refractivity contribution is 0.00345. The Labute approximate surface area is 213 Å². The normalized spacial score (nSPS) is 15.1. The van der Waals surface area contributed by atoms with E-state index in [0.29, 0.717) is 47.4 Å². The van der Waals surface area contributed by atoms with Crippen molar-refractivity contribution in [3.63, 3.8) is 0 Å². The van der Waals surface area contributed by atoms with Crippen molar-refractivity contribution in [2.45, 2.75) is 19.6 Å². The monoisotopic (exact) mass is 514 g/mol. The molecular weight excluding hydrogens is 488 g/mol. The highest BCUT2D eigenvalue weighted by Crippen LogP contribution is 2.24. The summed E-state index contributed by atoms with van der Waals surface area (Å²) in [6.07, 6.45) is -0.178. The molecule has 2 heterocycles. The van der Waals surface area contributed by atoms with Crippen molar-refractivity contribution in [2.24, 2.45) is 0 Å². The maximum atomic E-state index is 12.8. The molecule has 0 spiro atoms. The Balaban J connectivity index is 1.38. The molecule has 1 amide bonds. The number of piperazine rings is 1. The number of hydrogen-bond donors (Lipinski definition) is 0. The fraction of sp³-hybridized carbons (Fsp3) is 0.360. The quantitative estimate of drug-likeness (QED) is 0.420. The number of halogens is 1. The van der Waals surface area contributed by atoms with Crippen LogP contribution in [0.25, 0.3) is 0 Å². The minimum Gasteiger partial charge on any atom is -0.465 e. The second-order valence-corrected chi connectivity index (χ2v) is 9.51. The first kappa shape index (κ1) is 25.2. The van der Waals surface area contributed by atoms with Gasteiger partial charge in [-0.05, 0) is 53.8 Å². The Morgan fingerprint density at radius 3 is 2.34 bits per heavy atom.